The van der Waals surface area contributed by atoms with Crippen LogP contribution < -0.4 is 10.2 Å². The smallest absolute Gasteiger partial charge is 0.229 e. The number of nitrogens with zero attached hydrogens (tertiary/aromatic N) is 3. The van der Waals surface area contributed by atoms with Crippen molar-refractivity contribution in [3.05, 3.63) is 72.4 Å². The maximum absolute atomic E-state index is 4.58. The highest BCUT2D eigenvalue weighted by molar-refractivity contribution is 5.61. The average molecular weight is 290 g/mol. The zero-order valence-electron chi connectivity index (χ0n) is 12.7. The molecule has 0 bridgehead atoms. The van der Waals surface area contributed by atoms with Crippen LogP contribution in [0.5, 0.6) is 0 Å². The second-order valence-corrected chi connectivity index (χ2v) is 5.13. The van der Waals surface area contributed by atoms with Gasteiger partial charge in [-0.2, -0.15) is 4.98 Å². The van der Waals surface area contributed by atoms with Crippen LogP contribution in [0.4, 0.5) is 23.1 Å². The van der Waals surface area contributed by atoms with E-state index in [1.165, 1.54) is 5.56 Å². The van der Waals surface area contributed by atoms with E-state index in [-0.39, 0.29) is 0 Å². The fourth-order valence-electron chi connectivity index (χ4n) is 2.23. The zero-order chi connectivity index (χ0) is 15.4. The Kier molecular flexibility index (Phi) is 4.01. The first-order valence-electron chi connectivity index (χ1n) is 7.18. The summed E-state index contributed by atoms with van der Waals surface area (Å²) < 4.78 is 0. The standard InChI is InChI=1S/C18H18N4/c1-14-7-6-8-15(13-14)20-18-19-12-11-17(21-18)22(2)16-9-4-3-5-10-16/h3-13H,1-2H3,(H,19,20,21). The van der Waals surface area contributed by atoms with Crippen LogP contribution in [0.2, 0.25) is 0 Å². The van der Waals surface area contributed by atoms with Gasteiger partial charge in [0.2, 0.25) is 5.95 Å². The fourth-order valence-corrected chi connectivity index (χ4v) is 2.23. The number of anilines is 4. The summed E-state index contributed by atoms with van der Waals surface area (Å²) in [5.74, 6) is 1.43. The maximum atomic E-state index is 4.58. The Morgan fingerprint density at radius 2 is 1.77 bits per heavy atom. The second kappa shape index (κ2) is 6.26. The molecule has 0 aliphatic rings. The van der Waals surface area contributed by atoms with Crippen LogP contribution in [0.25, 0.3) is 0 Å². The lowest BCUT2D eigenvalue weighted by molar-refractivity contribution is 1.08. The lowest BCUT2D eigenvalue weighted by Crippen LogP contribution is -2.12. The number of hydrogen-bond donors (Lipinski definition) is 1. The Hall–Kier alpha value is -2.88. The Bertz CT molecular complexity index is 756. The highest BCUT2D eigenvalue weighted by atomic mass is 15.2. The molecule has 3 rings (SSSR count). The van der Waals surface area contributed by atoms with Crippen molar-refractivity contribution < 1.29 is 0 Å². The molecule has 0 saturated carbocycles. The molecule has 3 aromatic rings. The van der Waals surface area contributed by atoms with Crippen molar-refractivity contribution in [3.63, 3.8) is 0 Å². The molecule has 0 saturated heterocycles. The van der Waals surface area contributed by atoms with E-state index in [2.05, 4.69) is 46.5 Å². The molecule has 1 heterocycles. The Morgan fingerprint density at radius 1 is 0.955 bits per heavy atom. The molecule has 0 aliphatic carbocycles. The number of nitrogens with one attached hydrogen (secondary N) is 1. The largest absolute Gasteiger partial charge is 0.329 e. The van der Waals surface area contributed by atoms with E-state index in [0.717, 1.165) is 17.2 Å². The summed E-state index contributed by atoms with van der Waals surface area (Å²) in [6.45, 7) is 2.06. The van der Waals surface area contributed by atoms with Gasteiger partial charge in [-0.25, -0.2) is 4.98 Å². The predicted molar refractivity (Wildman–Crippen MR) is 91.0 cm³/mol. The summed E-state index contributed by atoms with van der Waals surface area (Å²) in [6.07, 6.45) is 1.76. The summed E-state index contributed by atoms with van der Waals surface area (Å²) in [4.78, 5) is 10.9. The van der Waals surface area contributed by atoms with Crippen LogP contribution >= 0.6 is 0 Å². The number of aromatic nitrogens is 2. The van der Waals surface area contributed by atoms with E-state index >= 15 is 0 Å². The lowest BCUT2D eigenvalue weighted by Gasteiger charge is -2.18. The number of para-hydroxylation sites is 1. The van der Waals surface area contributed by atoms with Crippen LogP contribution in [-0.4, -0.2) is 17.0 Å². The molecular weight excluding hydrogens is 272 g/mol. The molecule has 0 amide bonds. The molecule has 0 spiro atoms. The molecular formula is C18H18N4. The number of hydrogen-bond acceptors (Lipinski definition) is 4. The van der Waals surface area contributed by atoms with Crippen LogP contribution in [0.3, 0.4) is 0 Å². The van der Waals surface area contributed by atoms with Crippen molar-refractivity contribution in [1.29, 1.82) is 0 Å². The molecule has 0 aliphatic heterocycles. The van der Waals surface area contributed by atoms with Crippen molar-refractivity contribution in [2.45, 2.75) is 6.92 Å². The minimum Gasteiger partial charge on any atom is -0.329 e. The van der Waals surface area contributed by atoms with Crippen molar-refractivity contribution in [1.82, 2.24) is 9.97 Å². The van der Waals surface area contributed by atoms with Gasteiger partial charge >= 0.3 is 0 Å². The van der Waals surface area contributed by atoms with Gasteiger partial charge in [0.05, 0.1) is 0 Å². The molecule has 1 N–H and O–H groups in total. The Morgan fingerprint density at radius 3 is 2.55 bits per heavy atom. The summed E-state index contributed by atoms with van der Waals surface area (Å²) in [6, 6.07) is 20.2. The fraction of sp³-hybridized carbons (Fsp3) is 0.111. The van der Waals surface area contributed by atoms with Gasteiger partial charge in [-0.3, -0.25) is 0 Å². The van der Waals surface area contributed by atoms with Crippen LogP contribution in [-0.2, 0) is 0 Å². The molecule has 22 heavy (non-hydrogen) atoms. The summed E-state index contributed by atoms with van der Waals surface area (Å²) in [7, 11) is 1.99. The van der Waals surface area contributed by atoms with E-state index in [1.54, 1.807) is 6.20 Å². The molecule has 4 nitrogen and oxygen atoms in total. The Labute approximate surface area is 130 Å². The van der Waals surface area contributed by atoms with E-state index < -0.39 is 0 Å². The minimum atomic E-state index is 0.589. The average Bonchev–Trinajstić information content (AvgIpc) is 2.55. The number of benzene rings is 2. The van der Waals surface area contributed by atoms with E-state index in [4.69, 9.17) is 0 Å². The highest BCUT2D eigenvalue weighted by Gasteiger charge is 2.06. The minimum absolute atomic E-state index is 0.589. The highest BCUT2D eigenvalue weighted by Crippen LogP contribution is 2.22. The molecule has 0 fully saturated rings. The number of rotatable bonds is 4. The molecule has 0 atom stereocenters. The molecule has 1 aromatic heterocycles. The molecule has 0 radical (unpaired) electrons. The summed E-state index contributed by atoms with van der Waals surface area (Å²) in [5.41, 5.74) is 3.27. The summed E-state index contributed by atoms with van der Waals surface area (Å²) >= 11 is 0. The lowest BCUT2D eigenvalue weighted by atomic mass is 10.2. The van der Waals surface area contributed by atoms with Crippen LogP contribution in [0.1, 0.15) is 5.56 Å². The van der Waals surface area contributed by atoms with Gasteiger partial charge in [-0.15, -0.1) is 0 Å². The molecule has 2 aromatic carbocycles. The van der Waals surface area contributed by atoms with E-state index in [9.17, 15) is 0 Å². The maximum Gasteiger partial charge on any atom is 0.229 e. The SMILES string of the molecule is Cc1cccc(Nc2nccc(N(C)c3ccccc3)n2)c1. The quantitative estimate of drug-likeness (QED) is 0.778. The van der Waals surface area contributed by atoms with Gasteiger partial charge in [-0.1, -0.05) is 30.3 Å². The monoisotopic (exact) mass is 290 g/mol. The third-order valence-corrected chi connectivity index (χ3v) is 3.40. The van der Waals surface area contributed by atoms with Gasteiger partial charge in [0, 0.05) is 24.6 Å². The third-order valence-electron chi connectivity index (χ3n) is 3.40. The Balaban J connectivity index is 1.83. The van der Waals surface area contributed by atoms with Gasteiger partial charge < -0.3 is 10.2 Å². The zero-order valence-corrected chi connectivity index (χ0v) is 12.7. The van der Waals surface area contributed by atoms with Crippen molar-refractivity contribution >= 4 is 23.1 Å². The first kappa shape index (κ1) is 14.1. The van der Waals surface area contributed by atoms with E-state index in [0.29, 0.717) is 5.95 Å². The van der Waals surface area contributed by atoms with Crippen molar-refractivity contribution in [2.75, 3.05) is 17.3 Å². The van der Waals surface area contributed by atoms with E-state index in [1.807, 2.05) is 48.3 Å². The normalized spacial score (nSPS) is 10.3. The first-order chi connectivity index (χ1) is 10.7. The first-order valence-corrected chi connectivity index (χ1v) is 7.18. The van der Waals surface area contributed by atoms with Crippen molar-refractivity contribution in [2.24, 2.45) is 0 Å². The van der Waals surface area contributed by atoms with Gasteiger partial charge in [0.25, 0.3) is 0 Å². The molecule has 0 unspecified atom stereocenters. The van der Waals surface area contributed by atoms with Gasteiger partial charge in [-0.05, 0) is 42.8 Å². The van der Waals surface area contributed by atoms with Crippen molar-refractivity contribution in [3.8, 4) is 0 Å². The second-order valence-electron chi connectivity index (χ2n) is 5.13. The molecule has 4 heteroatoms. The topological polar surface area (TPSA) is 41.1 Å². The predicted octanol–water partition coefficient (Wildman–Crippen LogP) is 4.30. The number of aryl methyl sites for hydroxylation is 1. The summed E-state index contributed by atoms with van der Waals surface area (Å²) in [5, 5.41) is 3.24. The van der Waals surface area contributed by atoms with Crippen LogP contribution in [0.15, 0.2) is 66.9 Å². The molecule has 110 valence electrons. The van der Waals surface area contributed by atoms with Gasteiger partial charge in [0.15, 0.2) is 0 Å². The van der Waals surface area contributed by atoms with Crippen LogP contribution in [0, 0.1) is 6.92 Å². The third kappa shape index (κ3) is 3.23. The van der Waals surface area contributed by atoms with Gasteiger partial charge in [0.1, 0.15) is 5.82 Å².